The van der Waals surface area contributed by atoms with Gasteiger partial charge in [0.05, 0.1) is 6.10 Å². The lowest BCUT2D eigenvalue weighted by molar-refractivity contribution is -0.274. The predicted octanol–water partition coefficient (Wildman–Crippen LogP) is 5.04. The monoisotopic (exact) mass is 296 g/mol. The molecule has 0 saturated heterocycles. The Labute approximate surface area is 121 Å². The van der Waals surface area contributed by atoms with Crippen LogP contribution < -0.4 is 9.47 Å². The normalized spacial score (nSPS) is 11.5. The van der Waals surface area contributed by atoms with Crippen LogP contribution in [0.1, 0.15) is 13.8 Å². The Morgan fingerprint density at radius 3 is 2.33 bits per heavy atom. The van der Waals surface area contributed by atoms with Gasteiger partial charge in [0.1, 0.15) is 11.5 Å². The van der Waals surface area contributed by atoms with Crippen LogP contribution >= 0.6 is 0 Å². The highest BCUT2D eigenvalue weighted by Crippen LogP contribution is 2.33. The molecule has 2 aromatic rings. The lowest BCUT2D eigenvalue weighted by Gasteiger charge is -2.15. The van der Waals surface area contributed by atoms with Gasteiger partial charge in [-0.2, -0.15) is 0 Å². The van der Waals surface area contributed by atoms with Crippen molar-refractivity contribution in [2.45, 2.75) is 26.3 Å². The first-order chi connectivity index (χ1) is 9.85. The zero-order chi connectivity index (χ0) is 15.5. The second-order valence-corrected chi connectivity index (χ2v) is 4.74. The molecule has 0 saturated carbocycles. The van der Waals surface area contributed by atoms with E-state index in [9.17, 15) is 13.2 Å². The van der Waals surface area contributed by atoms with Crippen LogP contribution in [0, 0.1) is 0 Å². The summed E-state index contributed by atoms with van der Waals surface area (Å²) < 4.78 is 46.5. The lowest BCUT2D eigenvalue weighted by Crippen LogP contribution is -2.17. The Balaban J connectivity index is 2.36. The van der Waals surface area contributed by atoms with Crippen LogP contribution in [-0.4, -0.2) is 12.5 Å². The zero-order valence-electron chi connectivity index (χ0n) is 11.6. The number of rotatable bonds is 4. The topological polar surface area (TPSA) is 18.5 Å². The van der Waals surface area contributed by atoms with Crippen molar-refractivity contribution in [1.82, 2.24) is 0 Å². The zero-order valence-corrected chi connectivity index (χ0v) is 11.6. The number of benzene rings is 2. The first-order valence-corrected chi connectivity index (χ1v) is 6.47. The summed E-state index contributed by atoms with van der Waals surface area (Å²) in [5, 5.41) is 0. The van der Waals surface area contributed by atoms with E-state index < -0.39 is 6.36 Å². The van der Waals surface area contributed by atoms with Gasteiger partial charge in [0.2, 0.25) is 0 Å². The van der Waals surface area contributed by atoms with Crippen molar-refractivity contribution < 1.29 is 22.6 Å². The molecule has 0 amide bonds. The van der Waals surface area contributed by atoms with Crippen LogP contribution in [0.2, 0.25) is 0 Å². The first kappa shape index (κ1) is 15.2. The molecular weight excluding hydrogens is 281 g/mol. The molecule has 0 atom stereocenters. The maximum absolute atomic E-state index is 12.3. The van der Waals surface area contributed by atoms with Crippen LogP contribution in [0.5, 0.6) is 11.5 Å². The fourth-order valence-electron chi connectivity index (χ4n) is 1.92. The van der Waals surface area contributed by atoms with Gasteiger partial charge in [-0.15, -0.1) is 13.2 Å². The Morgan fingerprint density at radius 1 is 0.952 bits per heavy atom. The van der Waals surface area contributed by atoms with E-state index in [1.54, 1.807) is 24.3 Å². The van der Waals surface area contributed by atoms with Crippen LogP contribution in [0.4, 0.5) is 13.2 Å². The van der Waals surface area contributed by atoms with Crippen LogP contribution in [0.3, 0.4) is 0 Å². The number of ether oxygens (including phenoxy) is 2. The molecule has 21 heavy (non-hydrogen) atoms. The quantitative estimate of drug-likeness (QED) is 0.787. The van der Waals surface area contributed by atoms with Crippen molar-refractivity contribution in [2.24, 2.45) is 0 Å². The Morgan fingerprint density at radius 2 is 1.67 bits per heavy atom. The number of hydrogen-bond donors (Lipinski definition) is 0. The molecule has 2 nitrogen and oxygen atoms in total. The van der Waals surface area contributed by atoms with Crippen molar-refractivity contribution in [2.75, 3.05) is 0 Å². The molecule has 0 N–H and O–H groups in total. The van der Waals surface area contributed by atoms with Crippen molar-refractivity contribution in [3.05, 3.63) is 48.5 Å². The summed E-state index contributed by atoms with van der Waals surface area (Å²) in [5.74, 6) is 0.371. The minimum Gasteiger partial charge on any atom is -0.490 e. The van der Waals surface area contributed by atoms with Gasteiger partial charge < -0.3 is 9.47 Å². The smallest absolute Gasteiger partial charge is 0.490 e. The standard InChI is InChI=1S/C16H15F3O2/c1-11(2)20-15-9-4-3-8-14(15)12-6-5-7-13(10-12)21-16(17,18)19/h3-11H,1-2H3. The van der Waals surface area contributed by atoms with Crippen molar-refractivity contribution in [3.8, 4) is 22.6 Å². The molecule has 0 aliphatic rings. The highest BCUT2D eigenvalue weighted by molar-refractivity contribution is 5.71. The fraction of sp³-hybridized carbons (Fsp3) is 0.250. The van der Waals surface area contributed by atoms with Crippen LogP contribution in [0.25, 0.3) is 11.1 Å². The molecule has 0 radical (unpaired) electrons. The molecule has 2 aromatic carbocycles. The molecule has 0 fully saturated rings. The Kier molecular flexibility index (Phi) is 4.40. The summed E-state index contributed by atoms with van der Waals surface area (Å²) in [6.07, 6.45) is -4.73. The van der Waals surface area contributed by atoms with Gasteiger partial charge in [-0.25, -0.2) is 0 Å². The largest absolute Gasteiger partial charge is 0.573 e. The van der Waals surface area contributed by atoms with E-state index in [1.165, 1.54) is 18.2 Å². The number of hydrogen-bond acceptors (Lipinski definition) is 2. The third-order valence-electron chi connectivity index (χ3n) is 2.63. The molecule has 5 heteroatoms. The Hall–Kier alpha value is -2.17. The van der Waals surface area contributed by atoms with E-state index in [1.807, 2.05) is 19.9 Å². The summed E-state index contributed by atoms with van der Waals surface area (Å²) in [6, 6.07) is 13.0. The maximum Gasteiger partial charge on any atom is 0.573 e. The third kappa shape index (κ3) is 4.41. The molecule has 0 bridgehead atoms. The van der Waals surface area contributed by atoms with E-state index in [-0.39, 0.29) is 11.9 Å². The average Bonchev–Trinajstić information content (AvgIpc) is 2.37. The predicted molar refractivity (Wildman–Crippen MR) is 74.3 cm³/mol. The molecular formula is C16H15F3O2. The number of halogens is 3. The molecule has 0 aliphatic carbocycles. The van der Waals surface area contributed by atoms with Crippen LogP contribution in [-0.2, 0) is 0 Å². The van der Waals surface area contributed by atoms with Gasteiger partial charge in [0.15, 0.2) is 0 Å². The summed E-state index contributed by atoms with van der Waals surface area (Å²) in [6.45, 7) is 3.78. The highest BCUT2D eigenvalue weighted by Gasteiger charge is 2.31. The fourth-order valence-corrected chi connectivity index (χ4v) is 1.92. The number of para-hydroxylation sites is 1. The Bertz CT molecular complexity index is 606. The van der Waals surface area contributed by atoms with Crippen molar-refractivity contribution in [3.63, 3.8) is 0 Å². The SMILES string of the molecule is CC(C)Oc1ccccc1-c1cccc(OC(F)(F)F)c1. The van der Waals surface area contributed by atoms with Gasteiger partial charge in [0, 0.05) is 5.56 Å². The second kappa shape index (κ2) is 6.08. The molecule has 0 spiro atoms. The van der Waals surface area contributed by atoms with E-state index in [4.69, 9.17) is 4.74 Å². The van der Waals surface area contributed by atoms with E-state index in [0.717, 1.165) is 5.56 Å². The van der Waals surface area contributed by atoms with Gasteiger partial charge in [-0.05, 0) is 37.6 Å². The van der Waals surface area contributed by atoms with E-state index >= 15 is 0 Å². The van der Waals surface area contributed by atoms with Crippen molar-refractivity contribution in [1.29, 1.82) is 0 Å². The molecule has 112 valence electrons. The summed E-state index contributed by atoms with van der Waals surface area (Å²) in [7, 11) is 0. The molecule has 0 aromatic heterocycles. The molecule has 0 heterocycles. The van der Waals surface area contributed by atoms with Crippen molar-refractivity contribution >= 4 is 0 Å². The lowest BCUT2D eigenvalue weighted by atomic mass is 10.0. The molecule has 0 unspecified atom stereocenters. The van der Waals surface area contributed by atoms with Gasteiger partial charge in [-0.1, -0.05) is 30.3 Å². The minimum atomic E-state index is -4.70. The first-order valence-electron chi connectivity index (χ1n) is 6.47. The van der Waals surface area contributed by atoms with E-state index in [2.05, 4.69) is 4.74 Å². The second-order valence-electron chi connectivity index (χ2n) is 4.74. The van der Waals surface area contributed by atoms with Gasteiger partial charge in [-0.3, -0.25) is 0 Å². The third-order valence-corrected chi connectivity index (χ3v) is 2.63. The maximum atomic E-state index is 12.3. The average molecular weight is 296 g/mol. The summed E-state index contributed by atoms with van der Waals surface area (Å²) in [5.41, 5.74) is 1.33. The minimum absolute atomic E-state index is 0.0271. The molecule has 2 rings (SSSR count). The van der Waals surface area contributed by atoms with Gasteiger partial charge >= 0.3 is 6.36 Å². The highest BCUT2D eigenvalue weighted by atomic mass is 19.4. The van der Waals surface area contributed by atoms with E-state index in [0.29, 0.717) is 11.3 Å². The van der Waals surface area contributed by atoms with Gasteiger partial charge in [0.25, 0.3) is 0 Å². The van der Waals surface area contributed by atoms with Crippen LogP contribution in [0.15, 0.2) is 48.5 Å². The summed E-state index contributed by atoms with van der Waals surface area (Å²) >= 11 is 0. The number of alkyl halides is 3. The molecule has 0 aliphatic heterocycles. The summed E-state index contributed by atoms with van der Waals surface area (Å²) in [4.78, 5) is 0.